The van der Waals surface area contributed by atoms with E-state index in [9.17, 15) is 0 Å². The fourth-order valence-corrected chi connectivity index (χ4v) is 2.18. The minimum atomic E-state index is 0.807. The van der Waals surface area contributed by atoms with Crippen molar-refractivity contribution in [3.05, 3.63) is 17.5 Å². The number of hydrogen-bond acceptors (Lipinski definition) is 2. The third kappa shape index (κ3) is 1.75. The van der Waals surface area contributed by atoms with Crippen LogP contribution in [-0.2, 0) is 19.9 Å². The monoisotopic (exact) mass is 179 g/mol. The van der Waals surface area contributed by atoms with E-state index in [1.807, 2.05) is 18.8 Å². The van der Waals surface area contributed by atoms with Crippen molar-refractivity contribution >= 4 is 0 Å². The van der Waals surface area contributed by atoms with Crippen LogP contribution in [0.1, 0.15) is 17.7 Å². The average Bonchev–Trinajstić information content (AvgIpc) is 2.44. The first-order chi connectivity index (χ1) is 6.29. The maximum atomic E-state index is 4.44. The van der Waals surface area contributed by atoms with E-state index in [-0.39, 0.29) is 0 Å². The fourth-order valence-electron chi connectivity index (χ4n) is 2.18. The lowest BCUT2D eigenvalue weighted by molar-refractivity contribution is 0.437. The van der Waals surface area contributed by atoms with Crippen LogP contribution in [0.3, 0.4) is 0 Å². The summed E-state index contributed by atoms with van der Waals surface area (Å²) in [6.07, 6.45) is 5.80. The van der Waals surface area contributed by atoms with E-state index >= 15 is 0 Å². The van der Waals surface area contributed by atoms with E-state index in [1.165, 1.54) is 24.1 Å². The molecule has 0 saturated heterocycles. The molecule has 13 heavy (non-hydrogen) atoms. The van der Waals surface area contributed by atoms with E-state index in [2.05, 4.69) is 16.6 Å². The summed E-state index contributed by atoms with van der Waals surface area (Å²) in [5.74, 6) is 0.807. The van der Waals surface area contributed by atoms with Gasteiger partial charge in [0, 0.05) is 13.2 Å². The van der Waals surface area contributed by atoms with E-state index in [1.54, 1.807) is 0 Å². The molecule has 2 rings (SSSR count). The molecule has 1 aliphatic carbocycles. The van der Waals surface area contributed by atoms with E-state index in [0.717, 1.165) is 18.9 Å². The normalized spacial score (nSPS) is 21.5. The van der Waals surface area contributed by atoms with Gasteiger partial charge in [-0.1, -0.05) is 0 Å². The summed E-state index contributed by atoms with van der Waals surface area (Å²) >= 11 is 0. The Morgan fingerprint density at radius 3 is 3.31 bits per heavy atom. The molecule has 3 nitrogen and oxygen atoms in total. The van der Waals surface area contributed by atoms with Crippen molar-refractivity contribution < 1.29 is 0 Å². The summed E-state index contributed by atoms with van der Waals surface area (Å²) in [4.78, 5) is 0. The molecule has 0 saturated carbocycles. The Bertz CT molecular complexity index is 290. The number of aromatic nitrogens is 2. The molecular formula is C10H17N3. The molecule has 0 aliphatic heterocycles. The Balaban J connectivity index is 2.10. The van der Waals surface area contributed by atoms with Crippen LogP contribution in [0.5, 0.6) is 0 Å². The lowest BCUT2D eigenvalue weighted by Gasteiger charge is -2.20. The lowest BCUT2D eigenvalue weighted by atomic mass is 9.88. The molecule has 1 unspecified atom stereocenters. The van der Waals surface area contributed by atoms with Gasteiger partial charge in [0.2, 0.25) is 0 Å². The molecule has 72 valence electrons. The highest BCUT2D eigenvalue weighted by atomic mass is 15.3. The topological polar surface area (TPSA) is 29.9 Å². The molecule has 0 amide bonds. The largest absolute Gasteiger partial charge is 0.319 e. The second-order valence-corrected chi connectivity index (χ2v) is 3.94. The number of fused-ring (bicyclic) bond motifs is 1. The Kier molecular flexibility index (Phi) is 2.36. The Morgan fingerprint density at radius 1 is 1.69 bits per heavy atom. The van der Waals surface area contributed by atoms with Gasteiger partial charge in [0.15, 0.2) is 0 Å². The molecule has 0 fully saturated rings. The van der Waals surface area contributed by atoms with Crippen LogP contribution in [-0.4, -0.2) is 23.4 Å². The molecule has 1 aliphatic rings. The van der Waals surface area contributed by atoms with Gasteiger partial charge in [-0.2, -0.15) is 5.10 Å². The third-order valence-electron chi connectivity index (χ3n) is 2.78. The summed E-state index contributed by atoms with van der Waals surface area (Å²) in [5, 5.41) is 7.69. The maximum Gasteiger partial charge on any atom is 0.0656 e. The smallest absolute Gasteiger partial charge is 0.0656 e. The van der Waals surface area contributed by atoms with Crippen molar-refractivity contribution in [3.8, 4) is 0 Å². The molecule has 0 aromatic carbocycles. The van der Waals surface area contributed by atoms with Crippen molar-refractivity contribution in [1.82, 2.24) is 15.1 Å². The van der Waals surface area contributed by atoms with E-state index in [4.69, 9.17) is 0 Å². The number of rotatable bonds is 2. The van der Waals surface area contributed by atoms with Crippen molar-refractivity contribution in [1.29, 1.82) is 0 Å². The Labute approximate surface area is 79.1 Å². The third-order valence-corrected chi connectivity index (χ3v) is 2.78. The van der Waals surface area contributed by atoms with Crippen LogP contribution < -0.4 is 5.32 Å². The molecule has 1 aromatic rings. The number of hydrogen-bond donors (Lipinski definition) is 1. The molecule has 0 radical (unpaired) electrons. The van der Waals surface area contributed by atoms with E-state index < -0.39 is 0 Å². The standard InChI is InChI=1S/C10H17N3/c1-11-6-8-3-4-10-9(5-8)7-13(2)12-10/h7-8,11H,3-6H2,1-2H3. The van der Waals surface area contributed by atoms with E-state index in [0.29, 0.717) is 0 Å². The predicted octanol–water partition coefficient (Wildman–Crippen LogP) is 0.744. The minimum absolute atomic E-state index is 0.807. The van der Waals surface area contributed by atoms with Crippen LogP contribution in [0.15, 0.2) is 6.20 Å². The number of aryl methyl sites for hydroxylation is 2. The predicted molar refractivity (Wildman–Crippen MR) is 52.6 cm³/mol. The van der Waals surface area contributed by atoms with Gasteiger partial charge in [-0.15, -0.1) is 0 Å². The van der Waals surface area contributed by atoms with Crippen LogP contribution in [0.4, 0.5) is 0 Å². The highest BCUT2D eigenvalue weighted by Gasteiger charge is 2.20. The first-order valence-corrected chi connectivity index (χ1v) is 4.95. The SMILES string of the molecule is CNCC1CCc2nn(C)cc2C1. The van der Waals surface area contributed by atoms with Crippen LogP contribution in [0.2, 0.25) is 0 Å². The van der Waals surface area contributed by atoms with Gasteiger partial charge in [0.1, 0.15) is 0 Å². The van der Waals surface area contributed by atoms with Gasteiger partial charge in [0.25, 0.3) is 0 Å². The minimum Gasteiger partial charge on any atom is -0.319 e. The van der Waals surface area contributed by atoms with Crippen molar-refractivity contribution in [2.45, 2.75) is 19.3 Å². The second kappa shape index (κ2) is 3.50. The molecule has 1 aromatic heterocycles. The highest BCUT2D eigenvalue weighted by Crippen LogP contribution is 2.23. The van der Waals surface area contributed by atoms with Gasteiger partial charge in [0.05, 0.1) is 5.69 Å². The van der Waals surface area contributed by atoms with Crippen LogP contribution in [0, 0.1) is 5.92 Å². The maximum absolute atomic E-state index is 4.44. The van der Waals surface area contributed by atoms with Gasteiger partial charge < -0.3 is 5.32 Å². The van der Waals surface area contributed by atoms with Gasteiger partial charge in [-0.05, 0) is 44.3 Å². The second-order valence-electron chi connectivity index (χ2n) is 3.94. The summed E-state index contributed by atoms with van der Waals surface area (Å²) in [5.41, 5.74) is 2.77. The fraction of sp³-hybridized carbons (Fsp3) is 0.700. The Morgan fingerprint density at radius 2 is 2.54 bits per heavy atom. The average molecular weight is 179 g/mol. The van der Waals surface area contributed by atoms with Crippen LogP contribution >= 0.6 is 0 Å². The summed E-state index contributed by atoms with van der Waals surface area (Å²) < 4.78 is 1.94. The molecule has 0 bridgehead atoms. The zero-order chi connectivity index (χ0) is 9.26. The first-order valence-electron chi connectivity index (χ1n) is 4.95. The Hall–Kier alpha value is -0.830. The zero-order valence-electron chi connectivity index (χ0n) is 8.38. The van der Waals surface area contributed by atoms with Gasteiger partial charge in [-0.25, -0.2) is 0 Å². The summed E-state index contributed by atoms with van der Waals surface area (Å²) in [7, 11) is 4.03. The van der Waals surface area contributed by atoms with Crippen molar-refractivity contribution in [2.24, 2.45) is 13.0 Å². The van der Waals surface area contributed by atoms with Gasteiger partial charge in [-0.3, -0.25) is 4.68 Å². The first kappa shape index (κ1) is 8.75. The lowest BCUT2D eigenvalue weighted by Crippen LogP contribution is -2.24. The summed E-state index contributed by atoms with van der Waals surface area (Å²) in [6, 6.07) is 0. The molecule has 0 spiro atoms. The number of nitrogens with one attached hydrogen (secondary N) is 1. The quantitative estimate of drug-likeness (QED) is 0.726. The molecule has 1 atom stereocenters. The molecule has 3 heteroatoms. The zero-order valence-corrected chi connectivity index (χ0v) is 8.38. The van der Waals surface area contributed by atoms with Crippen molar-refractivity contribution in [3.63, 3.8) is 0 Å². The van der Waals surface area contributed by atoms with Gasteiger partial charge >= 0.3 is 0 Å². The summed E-state index contributed by atoms with van der Waals surface area (Å²) in [6.45, 7) is 1.13. The molecule has 1 heterocycles. The molecule has 1 N–H and O–H groups in total. The van der Waals surface area contributed by atoms with Crippen LogP contribution in [0.25, 0.3) is 0 Å². The number of nitrogens with zero attached hydrogens (tertiary/aromatic N) is 2. The molecular weight excluding hydrogens is 162 g/mol. The highest BCUT2D eigenvalue weighted by molar-refractivity contribution is 5.20. The van der Waals surface area contributed by atoms with Crippen molar-refractivity contribution in [2.75, 3.05) is 13.6 Å².